The fourth-order valence-corrected chi connectivity index (χ4v) is 7.11. The second kappa shape index (κ2) is 17.0. The van der Waals surface area contributed by atoms with Crippen LogP contribution in [0.3, 0.4) is 0 Å². The Balaban J connectivity index is 0.00000253. The van der Waals surface area contributed by atoms with Gasteiger partial charge in [0.25, 0.3) is 0 Å². The van der Waals surface area contributed by atoms with E-state index >= 15 is 4.39 Å². The molecule has 45 heavy (non-hydrogen) atoms. The summed E-state index contributed by atoms with van der Waals surface area (Å²) in [6, 6.07) is 8.75. The number of nitrogens with one attached hydrogen (secondary N) is 3. The summed E-state index contributed by atoms with van der Waals surface area (Å²) in [4.78, 5) is 30.4. The topological polar surface area (TPSA) is 82.7 Å². The second-order valence-corrected chi connectivity index (χ2v) is 13.4. The molecule has 2 aromatic rings. The predicted molar refractivity (Wildman–Crippen MR) is 194 cm³/mol. The van der Waals surface area contributed by atoms with Crippen LogP contribution in [-0.4, -0.2) is 68.2 Å². The molecule has 2 aromatic carbocycles. The van der Waals surface area contributed by atoms with Crippen LogP contribution in [0.5, 0.6) is 0 Å². The number of carbonyl (C=O) groups is 2. The third-order valence-corrected chi connectivity index (χ3v) is 9.05. The van der Waals surface area contributed by atoms with Crippen molar-refractivity contribution in [2.24, 2.45) is 5.41 Å². The SMILES string of the molecule is C.C.CC(C)(C)C[C@H]1N[C@@H](C(=O)NCCCCN2CCOCC2)[C@H](c2cccc(Cl)c2F)[C@@]12C(=O)Nc1cc(Cl)ccc12.S.S. The van der Waals surface area contributed by atoms with E-state index in [4.69, 9.17) is 27.9 Å². The number of carbonyl (C=O) groups excluding carboxylic acids is 2. The summed E-state index contributed by atoms with van der Waals surface area (Å²) in [5.74, 6) is -1.99. The molecule has 0 radical (unpaired) electrons. The Bertz CT molecular complexity index is 1310. The largest absolute Gasteiger partial charge is 0.379 e. The van der Waals surface area contributed by atoms with Crippen molar-refractivity contribution >= 4 is 67.7 Å². The van der Waals surface area contributed by atoms with E-state index in [1.165, 1.54) is 6.07 Å². The molecule has 3 aliphatic rings. The van der Waals surface area contributed by atoms with Crippen molar-refractivity contribution < 1.29 is 18.7 Å². The van der Waals surface area contributed by atoms with E-state index in [-0.39, 0.29) is 69.7 Å². The van der Waals surface area contributed by atoms with Crippen LogP contribution in [0.2, 0.25) is 10.0 Å². The van der Waals surface area contributed by atoms with Crippen molar-refractivity contribution in [3.8, 4) is 0 Å². The molecule has 5 rings (SSSR count). The minimum Gasteiger partial charge on any atom is -0.379 e. The van der Waals surface area contributed by atoms with Crippen molar-refractivity contribution in [1.29, 1.82) is 0 Å². The molecule has 2 amide bonds. The lowest BCUT2D eigenvalue weighted by Crippen LogP contribution is -2.49. The lowest BCUT2D eigenvalue weighted by atomic mass is 9.62. The summed E-state index contributed by atoms with van der Waals surface area (Å²) in [6.45, 7) is 11.1. The summed E-state index contributed by atoms with van der Waals surface area (Å²) in [5, 5.41) is 10.0. The van der Waals surface area contributed by atoms with Crippen LogP contribution in [0.1, 0.15) is 71.9 Å². The number of nitrogens with zero attached hydrogens (tertiary/aromatic N) is 1. The molecule has 3 heterocycles. The van der Waals surface area contributed by atoms with Gasteiger partial charge in [-0.2, -0.15) is 27.0 Å². The number of hydrogen-bond donors (Lipinski definition) is 3. The Morgan fingerprint density at radius 1 is 1.11 bits per heavy atom. The maximum Gasteiger partial charge on any atom is 0.237 e. The zero-order chi connectivity index (χ0) is 29.4. The molecule has 7 nitrogen and oxygen atoms in total. The highest BCUT2D eigenvalue weighted by Crippen LogP contribution is 2.57. The molecule has 12 heteroatoms. The number of ether oxygens (including phenoxy) is 1. The first kappa shape index (κ1) is 41.5. The molecule has 2 fully saturated rings. The number of halogens is 3. The van der Waals surface area contributed by atoms with Gasteiger partial charge in [0.1, 0.15) is 11.2 Å². The fraction of sp³-hybridized carbons (Fsp3) is 0.576. The first-order valence-corrected chi connectivity index (χ1v) is 15.2. The Morgan fingerprint density at radius 3 is 2.47 bits per heavy atom. The Hall–Kier alpha value is -1.53. The number of amides is 2. The Morgan fingerprint density at radius 2 is 1.80 bits per heavy atom. The van der Waals surface area contributed by atoms with Gasteiger partial charge in [-0.3, -0.25) is 14.5 Å². The third kappa shape index (κ3) is 8.50. The van der Waals surface area contributed by atoms with E-state index in [2.05, 4.69) is 41.6 Å². The lowest BCUT2D eigenvalue weighted by molar-refractivity contribution is -0.123. The van der Waals surface area contributed by atoms with E-state index in [1.54, 1.807) is 24.3 Å². The van der Waals surface area contributed by atoms with Gasteiger partial charge in [0, 0.05) is 42.3 Å². The van der Waals surface area contributed by atoms with Gasteiger partial charge in [-0.05, 0) is 60.5 Å². The van der Waals surface area contributed by atoms with Gasteiger partial charge in [0.05, 0.1) is 24.3 Å². The lowest BCUT2D eigenvalue weighted by Gasteiger charge is -2.37. The zero-order valence-corrected chi connectivity index (χ0v) is 28.4. The van der Waals surface area contributed by atoms with Gasteiger partial charge in [-0.1, -0.05) is 77.0 Å². The number of unbranched alkanes of at least 4 members (excludes halogenated alkanes) is 1. The Labute approximate surface area is 292 Å². The number of rotatable bonds is 8. The van der Waals surface area contributed by atoms with Crippen LogP contribution in [0, 0.1) is 11.2 Å². The summed E-state index contributed by atoms with van der Waals surface area (Å²) in [7, 11) is 0. The van der Waals surface area contributed by atoms with Crippen molar-refractivity contribution in [1.82, 2.24) is 15.5 Å². The number of anilines is 1. The van der Waals surface area contributed by atoms with E-state index in [1.807, 2.05) is 6.07 Å². The fourth-order valence-electron chi connectivity index (χ4n) is 6.76. The van der Waals surface area contributed by atoms with Crippen LogP contribution < -0.4 is 16.0 Å². The zero-order valence-electron chi connectivity index (χ0n) is 24.9. The van der Waals surface area contributed by atoms with Gasteiger partial charge >= 0.3 is 0 Å². The summed E-state index contributed by atoms with van der Waals surface area (Å²) >= 11 is 12.6. The molecule has 0 saturated carbocycles. The van der Waals surface area contributed by atoms with Crippen LogP contribution in [0.15, 0.2) is 36.4 Å². The average Bonchev–Trinajstić information content (AvgIpc) is 3.39. The Kier molecular flexibility index (Phi) is 15.7. The summed E-state index contributed by atoms with van der Waals surface area (Å²) in [5.41, 5.74) is 0.0879. The van der Waals surface area contributed by atoms with Crippen molar-refractivity contribution in [2.75, 3.05) is 44.7 Å². The number of hydrogen-bond acceptors (Lipinski definition) is 5. The van der Waals surface area contributed by atoms with Gasteiger partial charge in [-0.25, -0.2) is 4.39 Å². The highest BCUT2D eigenvalue weighted by Gasteiger charge is 2.66. The molecule has 1 spiro atoms. The van der Waals surface area contributed by atoms with E-state index in [9.17, 15) is 9.59 Å². The van der Waals surface area contributed by atoms with E-state index in [0.29, 0.717) is 29.2 Å². The summed E-state index contributed by atoms with van der Waals surface area (Å²) in [6.07, 6.45) is 2.33. The number of fused-ring (bicyclic) bond motifs is 2. The van der Waals surface area contributed by atoms with Crippen molar-refractivity contribution in [2.45, 2.75) is 78.3 Å². The van der Waals surface area contributed by atoms with Gasteiger partial charge in [0.2, 0.25) is 11.8 Å². The summed E-state index contributed by atoms with van der Waals surface area (Å²) < 4.78 is 21.2. The highest BCUT2D eigenvalue weighted by atomic mass is 35.5. The maximum atomic E-state index is 15.8. The average molecular weight is 706 g/mol. The number of benzene rings is 2. The number of morpholine rings is 1. The van der Waals surface area contributed by atoms with Gasteiger partial charge < -0.3 is 20.7 Å². The maximum absolute atomic E-state index is 15.8. The molecular formula is C33H51Cl2FN4O3S2. The smallest absolute Gasteiger partial charge is 0.237 e. The van der Waals surface area contributed by atoms with Crippen LogP contribution in [0.4, 0.5) is 10.1 Å². The quantitative estimate of drug-likeness (QED) is 0.270. The van der Waals surface area contributed by atoms with Crippen LogP contribution in [0.25, 0.3) is 0 Å². The standard InChI is InChI=1S/C31H39Cl2FN4O3.2CH4.2H2S/c1-30(2,3)18-24-31(21-10-9-19(32)17-23(21)36-29(31)40)25(20-7-6-8-22(33)26(20)34)27(37-24)28(39)35-11-4-5-12-38-13-15-41-16-14-38;;;;/h6-10,17,24-25,27,37H,4-5,11-16,18H2,1-3H3,(H,35,39)(H,36,40);2*1H4;2*1H2/t24-,25+,27-,31+;;;;/m1..../s1. The molecule has 4 atom stereocenters. The first-order valence-electron chi connectivity index (χ1n) is 14.4. The normalized spacial score (nSPS) is 24.0. The van der Waals surface area contributed by atoms with Gasteiger partial charge in [0.15, 0.2) is 0 Å². The molecule has 2 saturated heterocycles. The third-order valence-electron chi connectivity index (χ3n) is 8.53. The van der Waals surface area contributed by atoms with Crippen LogP contribution >= 0.6 is 50.2 Å². The predicted octanol–water partition coefficient (Wildman–Crippen LogP) is 6.61. The molecule has 3 aliphatic heterocycles. The molecule has 0 unspecified atom stereocenters. The first-order chi connectivity index (χ1) is 19.5. The molecule has 0 bridgehead atoms. The second-order valence-electron chi connectivity index (χ2n) is 12.5. The molecule has 0 aliphatic carbocycles. The van der Waals surface area contributed by atoms with Gasteiger partial charge in [-0.15, -0.1) is 0 Å². The molecular weight excluding hydrogens is 654 g/mol. The van der Waals surface area contributed by atoms with E-state index in [0.717, 1.165) is 45.7 Å². The molecule has 0 aromatic heterocycles. The molecule has 254 valence electrons. The monoisotopic (exact) mass is 704 g/mol. The molecule has 3 N–H and O–H groups in total. The minimum absolute atomic E-state index is 0. The van der Waals surface area contributed by atoms with Crippen molar-refractivity contribution in [3.05, 3.63) is 63.4 Å². The highest BCUT2D eigenvalue weighted by molar-refractivity contribution is 7.59. The van der Waals surface area contributed by atoms with Crippen molar-refractivity contribution in [3.63, 3.8) is 0 Å². The van der Waals surface area contributed by atoms with Crippen LogP contribution in [-0.2, 0) is 19.7 Å². The minimum atomic E-state index is -1.25. The van der Waals surface area contributed by atoms with E-state index < -0.39 is 29.2 Å².